The van der Waals surface area contributed by atoms with Crippen LogP contribution in [0.4, 0.5) is 4.39 Å². The Morgan fingerprint density at radius 3 is 2.62 bits per heavy atom. The van der Waals surface area contributed by atoms with Gasteiger partial charge in [-0.1, -0.05) is 52.3 Å². The third kappa shape index (κ3) is 8.68. The second-order valence-electron chi connectivity index (χ2n) is 8.74. The van der Waals surface area contributed by atoms with Crippen LogP contribution in [-0.4, -0.2) is 32.1 Å². The molecule has 37 heavy (non-hydrogen) atoms. The molecule has 0 saturated heterocycles. The van der Waals surface area contributed by atoms with Crippen LogP contribution in [0.25, 0.3) is 0 Å². The maximum absolute atomic E-state index is 14.7. The molecular formula is C29H34BrFN4O2. The Bertz CT molecular complexity index is 1200. The van der Waals surface area contributed by atoms with E-state index >= 15 is 0 Å². The van der Waals surface area contributed by atoms with Crippen LogP contribution in [0.15, 0.2) is 76.2 Å². The van der Waals surface area contributed by atoms with E-state index in [1.165, 1.54) is 17.7 Å². The van der Waals surface area contributed by atoms with Gasteiger partial charge in [0.1, 0.15) is 11.6 Å². The number of unbranched alkanes of at least 4 members (excludes halogenated alkanes) is 1. The number of halogens is 2. The van der Waals surface area contributed by atoms with Gasteiger partial charge < -0.3 is 15.8 Å². The molecule has 0 heterocycles. The van der Waals surface area contributed by atoms with E-state index < -0.39 is 11.7 Å². The molecule has 8 heteroatoms. The maximum atomic E-state index is 14.7. The zero-order valence-corrected chi connectivity index (χ0v) is 22.9. The van der Waals surface area contributed by atoms with Crippen molar-refractivity contribution in [2.24, 2.45) is 10.7 Å². The van der Waals surface area contributed by atoms with Gasteiger partial charge in [-0.15, -0.1) is 0 Å². The fourth-order valence-corrected chi connectivity index (χ4v) is 4.47. The van der Waals surface area contributed by atoms with Crippen molar-refractivity contribution in [3.8, 4) is 5.75 Å². The summed E-state index contributed by atoms with van der Waals surface area (Å²) in [4.78, 5) is 17.1. The van der Waals surface area contributed by atoms with Gasteiger partial charge in [0, 0.05) is 28.2 Å². The normalized spacial score (nSPS) is 12.3. The molecule has 1 atom stereocenters. The van der Waals surface area contributed by atoms with E-state index in [1.807, 2.05) is 36.4 Å². The van der Waals surface area contributed by atoms with Crippen LogP contribution in [0.1, 0.15) is 52.9 Å². The number of nitrogens with two attached hydrogens (primary N) is 1. The number of benzene rings is 3. The van der Waals surface area contributed by atoms with E-state index in [1.54, 1.807) is 13.2 Å². The molecule has 3 aromatic carbocycles. The number of nitrogens with zero attached hydrogens (tertiary/aromatic N) is 1. The summed E-state index contributed by atoms with van der Waals surface area (Å²) in [7, 11) is 1.60. The Balaban J connectivity index is 1.50. The molecule has 0 saturated carbocycles. The minimum atomic E-state index is -0.477. The third-order valence-electron chi connectivity index (χ3n) is 6.11. The van der Waals surface area contributed by atoms with Crippen molar-refractivity contribution in [3.63, 3.8) is 0 Å². The highest BCUT2D eigenvalue weighted by atomic mass is 79.9. The van der Waals surface area contributed by atoms with Crippen molar-refractivity contribution in [2.75, 3.05) is 20.2 Å². The lowest BCUT2D eigenvalue weighted by molar-refractivity contribution is 0.0975. The first-order valence-electron chi connectivity index (χ1n) is 12.4. The number of aliphatic imine (C=N–C) groups is 1. The number of hydrogen-bond donors (Lipinski definition) is 3. The fourth-order valence-electron chi connectivity index (χ4n) is 4.07. The molecule has 1 unspecified atom stereocenters. The number of rotatable bonds is 12. The lowest BCUT2D eigenvalue weighted by Crippen LogP contribution is -2.37. The summed E-state index contributed by atoms with van der Waals surface area (Å²) in [5.74, 6) is -0.171. The summed E-state index contributed by atoms with van der Waals surface area (Å²) >= 11 is 3.46. The minimum absolute atomic E-state index is 0.0273. The van der Waals surface area contributed by atoms with Crippen molar-refractivity contribution >= 4 is 27.8 Å². The summed E-state index contributed by atoms with van der Waals surface area (Å²) in [5, 5.41) is 6.09. The number of carbonyl (C=O) groups is 1. The van der Waals surface area contributed by atoms with Crippen molar-refractivity contribution in [1.29, 1.82) is 0 Å². The second kappa shape index (κ2) is 14.5. The van der Waals surface area contributed by atoms with Gasteiger partial charge in [-0.2, -0.15) is 0 Å². The Hall–Kier alpha value is -3.23. The van der Waals surface area contributed by atoms with Crippen LogP contribution in [-0.2, 0) is 12.8 Å². The smallest absolute Gasteiger partial charge is 0.258 e. The predicted octanol–water partition coefficient (Wildman–Crippen LogP) is 5.56. The van der Waals surface area contributed by atoms with E-state index in [-0.39, 0.29) is 17.6 Å². The Morgan fingerprint density at radius 2 is 1.86 bits per heavy atom. The van der Waals surface area contributed by atoms with Crippen LogP contribution >= 0.6 is 15.9 Å². The molecule has 1 amide bonds. The molecule has 0 radical (unpaired) electrons. The summed E-state index contributed by atoms with van der Waals surface area (Å²) in [6, 6.07) is 20.7. The standard InChI is InChI=1S/C29H34BrFN4O2/c1-20(21-9-4-3-5-10-21)33-17-6-7-18-34-29(32)35-28(36)25-11-8-12-26(31)24(25)15-13-22-19-23(30)14-16-27(22)37-2/h3-5,8-12,14,16,19-20,33H,6-7,13,15,17-18H2,1-2H3,(H3,32,34,35,36). The van der Waals surface area contributed by atoms with Gasteiger partial charge in [0.15, 0.2) is 5.96 Å². The molecule has 3 aromatic rings. The third-order valence-corrected chi connectivity index (χ3v) is 6.60. The van der Waals surface area contributed by atoms with Gasteiger partial charge in [0.2, 0.25) is 0 Å². The number of guanidine groups is 1. The maximum Gasteiger partial charge on any atom is 0.258 e. The number of aryl methyl sites for hydroxylation is 1. The fraction of sp³-hybridized carbons (Fsp3) is 0.310. The quantitative estimate of drug-likeness (QED) is 0.152. The number of amides is 1. The van der Waals surface area contributed by atoms with Gasteiger partial charge in [-0.25, -0.2) is 4.39 Å². The average molecular weight is 570 g/mol. The number of nitrogens with one attached hydrogen (secondary N) is 2. The Labute approximate surface area is 226 Å². The highest BCUT2D eigenvalue weighted by molar-refractivity contribution is 9.10. The van der Waals surface area contributed by atoms with Crippen LogP contribution in [0.3, 0.4) is 0 Å². The second-order valence-corrected chi connectivity index (χ2v) is 9.65. The zero-order valence-electron chi connectivity index (χ0n) is 21.3. The molecule has 0 spiro atoms. The lowest BCUT2D eigenvalue weighted by atomic mass is 9.98. The molecule has 0 fully saturated rings. The van der Waals surface area contributed by atoms with Crippen LogP contribution in [0.2, 0.25) is 0 Å². The van der Waals surface area contributed by atoms with Gasteiger partial charge in [-0.3, -0.25) is 15.1 Å². The molecule has 0 aliphatic carbocycles. The zero-order chi connectivity index (χ0) is 26.6. The van der Waals surface area contributed by atoms with Crippen molar-refractivity contribution in [2.45, 2.75) is 38.6 Å². The van der Waals surface area contributed by atoms with E-state index in [2.05, 4.69) is 50.6 Å². The molecule has 4 N–H and O–H groups in total. The van der Waals surface area contributed by atoms with Crippen LogP contribution in [0, 0.1) is 5.82 Å². The van der Waals surface area contributed by atoms with Gasteiger partial charge in [0.25, 0.3) is 5.91 Å². The molecule has 0 aliphatic rings. The van der Waals surface area contributed by atoms with Crippen LogP contribution in [0.5, 0.6) is 5.75 Å². The van der Waals surface area contributed by atoms with Gasteiger partial charge in [0.05, 0.1) is 7.11 Å². The molecule has 196 valence electrons. The number of hydrogen-bond acceptors (Lipinski definition) is 4. The van der Waals surface area contributed by atoms with E-state index in [9.17, 15) is 9.18 Å². The van der Waals surface area contributed by atoms with E-state index in [4.69, 9.17) is 10.5 Å². The summed E-state index contributed by atoms with van der Waals surface area (Å²) in [6.45, 7) is 3.48. The SMILES string of the molecule is COc1ccc(Br)cc1CCc1c(F)cccc1C(=O)NC(N)=NCCCCNC(C)c1ccccc1. The molecular weight excluding hydrogens is 535 g/mol. The summed E-state index contributed by atoms with van der Waals surface area (Å²) in [6.07, 6.45) is 2.58. The van der Waals surface area contributed by atoms with Crippen molar-refractivity contribution in [3.05, 3.63) is 99.3 Å². The number of carbonyl (C=O) groups excluding carboxylic acids is 1. The van der Waals surface area contributed by atoms with Gasteiger partial charge >= 0.3 is 0 Å². The average Bonchev–Trinajstić information content (AvgIpc) is 2.90. The highest BCUT2D eigenvalue weighted by Crippen LogP contribution is 2.25. The van der Waals surface area contributed by atoms with Crippen molar-refractivity contribution < 1.29 is 13.9 Å². The van der Waals surface area contributed by atoms with E-state index in [0.717, 1.165) is 29.4 Å². The highest BCUT2D eigenvalue weighted by Gasteiger charge is 2.17. The van der Waals surface area contributed by atoms with Crippen LogP contribution < -0.4 is 21.1 Å². The lowest BCUT2D eigenvalue weighted by Gasteiger charge is -2.14. The monoisotopic (exact) mass is 568 g/mol. The summed E-state index contributed by atoms with van der Waals surface area (Å²) in [5.41, 5.74) is 8.68. The Kier molecular flexibility index (Phi) is 11.1. The topological polar surface area (TPSA) is 88.7 Å². The first-order valence-corrected chi connectivity index (χ1v) is 13.2. The summed E-state index contributed by atoms with van der Waals surface area (Å²) < 4.78 is 21.0. The predicted molar refractivity (Wildman–Crippen MR) is 151 cm³/mol. The molecule has 3 rings (SSSR count). The van der Waals surface area contributed by atoms with E-state index in [0.29, 0.717) is 30.7 Å². The number of ether oxygens (including phenoxy) is 1. The molecule has 0 aromatic heterocycles. The molecule has 6 nitrogen and oxygen atoms in total. The van der Waals surface area contributed by atoms with Crippen molar-refractivity contribution in [1.82, 2.24) is 10.6 Å². The molecule has 0 bridgehead atoms. The molecule has 0 aliphatic heterocycles. The minimum Gasteiger partial charge on any atom is -0.496 e. The first kappa shape index (κ1) is 28.3. The largest absolute Gasteiger partial charge is 0.496 e. The first-order chi connectivity index (χ1) is 17.9. The Morgan fingerprint density at radius 1 is 1.08 bits per heavy atom. The van der Waals surface area contributed by atoms with Gasteiger partial charge in [-0.05, 0) is 80.6 Å². The number of methoxy groups -OCH3 is 1.